The monoisotopic (exact) mass is 1340 g/mol. The second-order valence-corrected chi connectivity index (χ2v) is 24.2. The van der Waals surface area contributed by atoms with E-state index in [1.807, 2.05) is 10.9 Å². The number of aromatic hydroxyl groups is 1. The summed E-state index contributed by atoms with van der Waals surface area (Å²) >= 11 is 1.20. The Kier molecular flexibility index (Phi) is 28.5. The average Bonchev–Trinajstić information content (AvgIpc) is 1.66. The molecule has 4 aromatic rings. The van der Waals surface area contributed by atoms with E-state index in [4.69, 9.17) is 9.92 Å². The van der Waals surface area contributed by atoms with Gasteiger partial charge >= 0.3 is 29.6 Å². The first-order valence-electron chi connectivity index (χ1n) is 29.7. The Morgan fingerprint density at radius 3 is 2.11 bits per heavy atom. The third kappa shape index (κ3) is 19.6. The van der Waals surface area contributed by atoms with E-state index in [2.05, 4.69) is 58.2 Å². The van der Waals surface area contributed by atoms with Crippen molar-refractivity contribution in [1.29, 1.82) is 0 Å². The third-order valence-electron chi connectivity index (χ3n) is 15.9. The smallest absolute Gasteiger partial charge is 0.691 e. The summed E-state index contributed by atoms with van der Waals surface area (Å²) in [7, 11) is 0. The molecule has 15 N–H and O–H groups in total. The van der Waals surface area contributed by atoms with Crippen molar-refractivity contribution in [2.75, 3.05) is 19.6 Å². The van der Waals surface area contributed by atoms with E-state index in [-0.39, 0.29) is 53.0 Å². The summed E-state index contributed by atoms with van der Waals surface area (Å²) in [6.07, 6.45) is -3.10. The van der Waals surface area contributed by atoms with Crippen molar-refractivity contribution in [3.05, 3.63) is 66.0 Å². The molecule has 92 heavy (non-hydrogen) atoms. The number of nitrogens with zero attached hydrogens (tertiary/aromatic N) is 6. The quantitative estimate of drug-likeness (QED) is 0.0102. The Balaban J connectivity index is 0.0000134. The normalized spacial score (nSPS) is 24.9. The molecule has 498 valence electrons. The van der Waals surface area contributed by atoms with Gasteiger partial charge in [0.05, 0.1) is 48.7 Å². The Labute approximate surface area is 558 Å². The van der Waals surface area contributed by atoms with Crippen molar-refractivity contribution in [3.63, 3.8) is 0 Å². The number of unbranched alkanes of at least 4 members (excludes halogenated alkanes) is 7. The number of aryl methyl sites for hydroxylation is 1. The molecule has 13 unspecified atom stereocenters. The number of aliphatic hydroxyl groups is 7. The maximum Gasteiger partial charge on any atom is 1.00 e. The van der Waals surface area contributed by atoms with Gasteiger partial charge in [-0.1, -0.05) is 88.3 Å². The minimum absolute atomic E-state index is 0. The fraction of sp³-hybridized carbons (Fsp3) is 0.561. The van der Waals surface area contributed by atoms with Crippen LogP contribution in [0.4, 0.5) is 0 Å². The number of carbonyl (C=O) groups is 8. The number of hydrogen-bond donors (Lipinski definition) is 14. The van der Waals surface area contributed by atoms with Crippen LogP contribution in [-0.4, -0.2) is 210 Å². The predicted octanol–water partition coefficient (Wildman–Crippen LogP) is -5.60. The summed E-state index contributed by atoms with van der Waals surface area (Å²) in [5.74, 6) is -12.0. The van der Waals surface area contributed by atoms with Crippen LogP contribution < -0.4 is 71.3 Å². The number of nitrogens with two attached hydrogens (primary N) is 1. The van der Waals surface area contributed by atoms with Crippen molar-refractivity contribution in [1.82, 2.24) is 56.4 Å². The number of phenolic OH excluding ortho intramolecular Hbond substituents is 1. The minimum atomic E-state index is -2.54. The fourth-order valence-corrected chi connectivity index (χ4v) is 12.0. The number of phenols is 1. The van der Waals surface area contributed by atoms with Crippen LogP contribution in [0.5, 0.6) is 11.5 Å². The number of rotatable bonds is 24. The number of benzene rings is 2. The number of carbonyl (C=O) groups excluding carboxylic acids is 8. The first-order chi connectivity index (χ1) is 43.4. The maximum absolute atomic E-state index is 14.7. The molecule has 14 atom stereocenters. The Hall–Kier alpha value is -6.48. The molecule has 0 bridgehead atoms. The summed E-state index contributed by atoms with van der Waals surface area (Å²) in [5.41, 5.74) is 6.37. The van der Waals surface area contributed by atoms with E-state index in [9.17, 15) is 84.5 Å². The van der Waals surface area contributed by atoms with Crippen LogP contribution in [0.2, 0.25) is 0 Å². The zero-order chi connectivity index (χ0) is 66.2. The number of aromatic nitrogens is 4. The number of nitrogens with one attached hydrogen (secondary N) is 5. The van der Waals surface area contributed by atoms with Crippen LogP contribution in [0.1, 0.15) is 113 Å². The third-order valence-corrected chi connectivity index (χ3v) is 17.3. The van der Waals surface area contributed by atoms with Gasteiger partial charge in [-0.2, -0.15) is 5.10 Å². The summed E-state index contributed by atoms with van der Waals surface area (Å²) in [6, 6.07) is -3.38. The summed E-state index contributed by atoms with van der Waals surface area (Å²) in [4.78, 5) is 115. The molecule has 35 heteroatoms. The molecule has 32 nitrogen and oxygen atoms in total. The molecule has 3 aliphatic heterocycles. The molecule has 0 spiro atoms. The molecule has 3 aliphatic rings. The second kappa shape index (κ2) is 35.1. The molecule has 2 aromatic carbocycles. The Bertz CT molecular complexity index is 3170. The van der Waals surface area contributed by atoms with Crippen molar-refractivity contribution >= 4 is 70.9 Å². The summed E-state index contributed by atoms with van der Waals surface area (Å²) in [5, 5.41) is 130. The molecule has 0 radical (unpaired) electrons. The molecule has 2 aromatic heterocycles. The zero-order valence-corrected chi connectivity index (χ0v) is 54.6. The summed E-state index contributed by atoms with van der Waals surface area (Å²) in [6.45, 7) is 3.64. The molecular weight excluding hydrogens is 1260 g/mol. The van der Waals surface area contributed by atoms with Crippen molar-refractivity contribution in [2.24, 2.45) is 11.7 Å². The maximum atomic E-state index is 14.7. The van der Waals surface area contributed by atoms with Gasteiger partial charge in [0.25, 0.3) is 18.2 Å². The molecule has 0 aliphatic carbocycles. The number of amides is 8. The van der Waals surface area contributed by atoms with Crippen LogP contribution in [0.15, 0.2) is 54.9 Å². The van der Waals surface area contributed by atoms with E-state index < -0.39 is 183 Å². The van der Waals surface area contributed by atoms with Crippen molar-refractivity contribution in [3.8, 4) is 32.6 Å². The van der Waals surface area contributed by atoms with Gasteiger partial charge in [0.2, 0.25) is 41.4 Å². The number of hydrogen-bond acceptors (Lipinski definition) is 25. The number of fused-ring (bicyclic) bond motifs is 2. The molecule has 5 heterocycles. The van der Waals surface area contributed by atoms with Gasteiger partial charge in [-0.3, -0.25) is 48.1 Å². The van der Waals surface area contributed by atoms with E-state index in [1.54, 1.807) is 18.3 Å². The topological polar surface area (TPSA) is 485 Å². The molecule has 7 rings (SSSR count). The van der Waals surface area contributed by atoms with Crippen LogP contribution in [-0.2, 0) is 49.5 Å². The average molecular weight is 1340 g/mol. The Morgan fingerprint density at radius 2 is 1.45 bits per heavy atom. The van der Waals surface area contributed by atoms with E-state index >= 15 is 0 Å². The largest absolute Gasteiger partial charge is 1.00 e. The van der Waals surface area contributed by atoms with Crippen molar-refractivity contribution in [2.45, 2.75) is 177 Å². The van der Waals surface area contributed by atoms with E-state index in [0.717, 1.165) is 59.9 Å². The SMILES string of the molecule is CCCCCCCCCCn1cc(-c2nnc(-c3ccc(C(=O)N[C@H]4CC(O)CNC(=O)C5C(O)C(C)CN5C(=O)C(C(O)CC(N)=O)NC(=O)C(C(O)C(O)c5ccc(O)c(OSOO[O-])c5)NC(=O)C5CC(O)CN5C(=O)C(C(C)O)NC4=O)cc3)s2)cn1.[Na+]. The van der Waals surface area contributed by atoms with Gasteiger partial charge in [-0.25, -0.2) is 0 Å². The second-order valence-electron chi connectivity index (χ2n) is 22.8. The number of primary amides is 1. The molecule has 8 amide bonds. The number of aliphatic hydroxyl groups excluding tert-OH is 7. The minimum Gasteiger partial charge on any atom is -0.691 e. The molecule has 3 fully saturated rings. The zero-order valence-electron chi connectivity index (χ0n) is 50.9. The van der Waals surface area contributed by atoms with E-state index in [1.165, 1.54) is 68.9 Å². The van der Waals surface area contributed by atoms with Gasteiger partial charge in [-0.15, -0.1) is 14.5 Å². The standard InChI is InChI=1S/C57H78N12O20S2.Na/c1-4-5-6-7-8-9-10-11-18-67-26-33(23-60-67)55-66-65-54(90-55)31-14-12-30(13-15-31)49(79)61-36-20-34(71)24-59-53(83)45-46(76)28(2)25-69(45)57(85)43(39(74)22-41(58)75)63-52(82)44(48(78)47(77)32-16-17-38(73)40(19-32)87-91-89-88-86)64-51(81)37-21-35(72)27-68(37)56(84)42(29(3)70)62-50(36)80;/h12-17,19,23,26,28-29,34-37,39,42-48,70-74,76-78,86H,4-11,18,20-22,24-25,27H2,1-3H3,(H2,58,75)(H,59,83)(H,61,79)(H,62,80)(H,63,82)(H,64,81);/q;+1/p-1/t28?,29?,34?,35?,36-,37?,39?,42?,43?,44?,45?,46?,47?,48?;/m0./s1. The fourth-order valence-electron chi connectivity index (χ4n) is 10.9. The van der Waals surface area contributed by atoms with Crippen LogP contribution >= 0.6 is 23.7 Å². The van der Waals surface area contributed by atoms with Gasteiger partial charge in [-0.05, 0) is 43.2 Å². The molecular formula is C57H77N12NaO20S2. The van der Waals surface area contributed by atoms with Crippen LogP contribution in [0.3, 0.4) is 0 Å². The van der Waals surface area contributed by atoms with Crippen molar-refractivity contribution < 1.29 is 128 Å². The van der Waals surface area contributed by atoms with Gasteiger partial charge < -0.3 is 92.4 Å². The first kappa shape index (κ1) is 74.6. The van der Waals surface area contributed by atoms with Crippen LogP contribution in [0, 0.1) is 5.92 Å². The van der Waals surface area contributed by atoms with Gasteiger partial charge in [0.1, 0.15) is 53.5 Å². The summed E-state index contributed by atoms with van der Waals surface area (Å²) < 4.78 is 10.9. The van der Waals surface area contributed by atoms with Crippen LogP contribution in [0.25, 0.3) is 21.1 Å². The van der Waals surface area contributed by atoms with Gasteiger partial charge in [0, 0.05) is 62.3 Å². The molecule has 3 saturated heterocycles. The van der Waals surface area contributed by atoms with E-state index in [0.29, 0.717) is 15.6 Å². The predicted molar refractivity (Wildman–Crippen MR) is 318 cm³/mol. The van der Waals surface area contributed by atoms with Gasteiger partial charge in [0.15, 0.2) is 16.5 Å². The Morgan fingerprint density at radius 1 is 0.804 bits per heavy atom. The molecule has 0 saturated carbocycles. The first-order valence-corrected chi connectivity index (χ1v) is 31.1. The number of β-amino-alcohol motifs (C(OH)–C–C–N with tert-alkyl or cyclic N) is 1.